The second-order valence-corrected chi connectivity index (χ2v) is 8.56. The lowest BCUT2D eigenvalue weighted by molar-refractivity contribution is 0.114. The van der Waals surface area contributed by atoms with Crippen molar-refractivity contribution in [1.29, 1.82) is 0 Å². The van der Waals surface area contributed by atoms with Gasteiger partial charge in [0.25, 0.3) is 10.0 Å². The van der Waals surface area contributed by atoms with E-state index in [2.05, 4.69) is 15.4 Å². The number of hydrogen-bond acceptors (Lipinski definition) is 4. The van der Waals surface area contributed by atoms with Crippen LogP contribution in [0.1, 0.15) is 18.4 Å². The number of nitrogens with one attached hydrogen (secondary N) is 3. The normalized spacial score (nSPS) is 16.7. The lowest BCUT2D eigenvalue weighted by Crippen LogP contribution is -2.34. The Balaban J connectivity index is 1.54. The third-order valence-corrected chi connectivity index (χ3v) is 5.88. The van der Waals surface area contributed by atoms with E-state index in [4.69, 9.17) is 17.0 Å². The molecule has 0 bridgehead atoms. The molecule has 144 valence electrons. The van der Waals surface area contributed by atoms with Gasteiger partial charge in [0.15, 0.2) is 5.11 Å². The van der Waals surface area contributed by atoms with E-state index in [1.54, 1.807) is 48.5 Å². The van der Waals surface area contributed by atoms with E-state index in [9.17, 15) is 8.42 Å². The predicted molar refractivity (Wildman–Crippen MR) is 112 cm³/mol. The van der Waals surface area contributed by atoms with Gasteiger partial charge in [-0.25, -0.2) is 8.42 Å². The summed E-state index contributed by atoms with van der Waals surface area (Å²) >= 11 is 5.28. The highest BCUT2D eigenvalue weighted by Gasteiger charge is 2.16. The minimum atomic E-state index is -3.61. The summed E-state index contributed by atoms with van der Waals surface area (Å²) in [6.45, 7) is 3.41. The van der Waals surface area contributed by atoms with Crippen molar-refractivity contribution in [1.82, 2.24) is 5.32 Å². The zero-order valence-corrected chi connectivity index (χ0v) is 16.7. The summed E-state index contributed by atoms with van der Waals surface area (Å²) in [6.07, 6.45) is 2.35. The van der Waals surface area contributed by atoms with Gasteiger partial charge in [0.2, 0.25) is 0 Å². The van der Waals surface area contributed by atoms with Crippen LogP contribution in [0.25, 0.3) is 0 Å². The van der Waals surface area contributed by atoms with Crippen LogP contribution in [0.2, 0.25) is 0 Å². The second-order valence-electron chi connectivity index (χ2n) is 6.47. The van der Waals surface area contributed by atoms with Crippen molar-refractivity contribution in [2.75, 3.05) is 23.2 Å². The van der Waals surface area contributed by atoms with Gasteiger partial charge in [0.1, 0.15) is 0 Å². The molecule has 0 saturated carbocycles. The van der Waals surface area contributed by atoms with Crippen LogP contribution in [-0.4, -0.2) is 32.8 Å². The fraction of sp³-hybridized carbons (Fsp3) is 0.316. The summed E-state index contributed by atoms with van der Waals surface area (Å²) in [5.41, 5.74) is 2.27. The van der Waals surface area contributed by atoms with Crippen LogP contribution in [-0.2, 0) is 14.8 Å². The van der Waals surface area contributed by atoms with Crippen molar-refractivity contribution >= 4 is 38.7 Å². The van der Waals surface area contributed by atoms with Gasteiger partial charge in [-0.05, 0) is 68.4 Å². The second kappa shape index (κ2) is 8.69. The summed E-state index contributed by atoms with van der Waals surface area (Å²) in [5, 5.41) is 6.73. The maximum atomic E-state index is 12.4. The molecule has 1 unspecified atom stereocenters. The molecule has 0 radical (unpaired) electrons. The van der Waals surface area contributed by atoms with Crippen molar-refractivity contribution in [3.8, 4) is 0 Å². The molecule has 3 rings (SSSR count). The smallest absolute Gasteiger partial charge is 0.261 e. The molecule has 2 aromatic rings. The molecule has 0 aromatic heterocycles. The van der Waals surface area contributed by atoms with Crippen molar-refractivity contribution < 1.29 is 13.2 Å². The van der Waals surface area contributed by atoms with Crippen LogP contribution in [0.3, 0.4) is 0 Å². The highest BCUT2D eigenvalue weighted by molar-refractivity contribution is 7.92. The molecule has 0 aliphatic carbocycles. The standard InChI is InChI=1S/C19H23N3O3S2/c1-14-4-10-18(11-5-14)27(23,24)22-16-8-6-15(7-9-16)21-19(26)20-13-17-3-2-12-25-17/h4-11,17,22H,2-3,12-13H2,1H3,(H2,20,21,26). The van der Waals surface area contributed by atoms with E-state index in [-0.39, 0.29) is 11.0 Å². The Kier molecular flexibility index (Phi) is 6.30. The van der Waals surface area contributed by atoms with E-state index >= 15 is 0 Å². The zero-order valence-electron chi connectivity index (χ0n) is 15.1. The number of hydrogen-bond donors (Lipinski definition) is 3. The maximum Gasteiger partial charge on any atom is 0.261 e. The Labute approximate surface area is 165 Å². The Bertz CT molecular complexity index is 875. The van der Waals surface area contributed by atoms with Crippen molar-refractivity contribution in [2.24, 2.45) is 0 Å². The Hall–Kier alpha value is -2.16. The molecular formula is C19H23N3O3S2. The van der Waals surface area contributed by atoms with Gasteiger partial charge in [-0.1, -0.05) is 17.7 Å². The molecule has 1 fully saturated rings. The first-order valence-electron chi connectivity index (χ1n) is 8.78. The first-order valence-corrected chi connectivity index (χ1v) is 10.7. The average Bonchev–Trinajstić information content (AvgIpc) is 3.15. The molecule has 1 aliphatic rings. The summed E-state index contributed by atoms with van der Waals surface area (Å²) in [5.74, 6) is 0. The first-order chi connectivity index (χ1) is 12.9. The van der Waals surface area contributed by atoms with Crippen LogP contribution >= 0.6 is 12.2 Å². The zero-order chi connectivity index (χ0) is 19.3. The van der Waals surface area contributed by atoms with E-state index in [0.717, 1.165) is 30.7 Å². The van der Waals surface area contributed by atoms with Crippen LogP contribution in [0.5, 0.6) is 0 Å². The molecular weight excluding hydrogens is 382 g/mol. The number of rotatable bonds is 6. The number of sulfonamides is 1. The molecule has 8 heteroatoms. The van der Waals surface area contributed by atoms with Crippen LogP contribution in [0.15, 0.2) is 53.4 Å². The summed E-state index contributed by atoms with van der Waals surface area (Å²) in [7, 11) is -3.61. The van der Waals surface area contributed by atoms with Gasteiger partial charge in [0.05, 0.1) is 11.0 Å². The molecule has 27 heavy (non-hydrogen) atoms. The van der Waals surface area contributed by atoms with E-state index < -0.39 is 10.0 Å². The monoisotopic (exact) mass is 405 g/mol. The quantitative estimate of drug-likeness (QED) is 0.640. The maximum absolute atomic E-state index is 12.4. The van der Waals surface area contributed by atoms with Gasteiger partial charge in [-0.3, -0.25) is 4.72 Å². The molecule has 1 heterocycles. The molecule has 1 saturated heterocycles. The summed E-state index contributed by atoms with van der Waals surface area (Å²) in [4.78, 5) is 0.231. The molecule has 0 spiro atoms. The lowest BCUT2D eigenvalue weighted by atomic mass is 10.2. The van der Waals surface area contributed by atoms with Gasteiger partial charge >= 0.3 is 0 Å². The van der Waals surface area contributed by atoms with Gasteiger partial charge in [-0.2, -0.15) is 0 Å². The fourth-order valence-electron chi connectivity index (χ4n) is 2.74. The number of ether oxygens (including phenoxy) is 1. The number of anilines is 2. The summed E-state index contributed by atoms with van der Waals surface area (Å²) < 4.78 is 33.0. The summed E-state index contributed by atoms with van der Waals surface area (Å²) in [6, 6.07) is 13.6. The predicted octanol–water partition coefficient (Wildman–Crippen LogP) is 3.26. The SMILES string of the molecule is Cc1ccc(S(=O)(=O)Nc2ccc(NC(=S)NCC3CCCO3)cc2)cc1. The minimum absolute atomic E-state index is 0.211. The molecule has 3 N–H and O–H groups in total. The minimum Gasteiger partial charge on any atom is -0.376 e. The van der Waals surface area contributed by atoms with Crippen LogP contribution in [0.4, 0.5) is 11.4 Å². The van der Waals surface area contributed by atoms with Gasteiger partial charge < -0.3 is 15.4 Å². The van der Waals surface area contributed by atoms with Crippen LogP contribution in [0, 0.1) is 6.92 Å². The Morgan fingerprint density at radius 3 is 2.41 bits per heavy atom. The number of aryl methyl sites for hydroxylation is 1. The van der Waals surface area contributed by atoms with Crippen LogP contribution < -0.4 is 15.4 Å². The molecule has 1 atom stereocenters. The fourth-order valence-corrected chi connectivity index (χ4v) is 4.00. The van der Waals surface area contributed by atoms with E-state index in [1.165, 1.54) is 0 Å². The Morgan fingerprint density at radius 2 is 1.78 bits per heavy atom. The molecule has 2 aromatic carbocycles. The lowest BCUT2D eigenvalue weighted by Gasteiger charge is -2.14. The number of thiocarbonyl (C=S) groups is 1. The van der Waals surface area contributed by atoms with Gasteiger partial charge in [0, 0.05) is 24.5 Å². The first kappa shape index (κ1) is 19.6. The highest BCUT2D eigenvalue weighted by Crippen LogP contribution is 2.19. The highest BCUT2D eigenvalue weighted by atomic mass is 32.2. The average molecular weight is 406 g/mol. The van der Waals surface area contributed by atoms with E-state index in [1.807, 2.05) is 6.92 Å². The molecule has 6 nitrogen and oxygen atoms in total. The van der Waals surface area contributed by atoms with Crippen molar-refractivity contribution in [3.05, 3.63) is 54.1 Å². The topological polar surface area (TPSA) is 79.5 Å². The Morgan fingerprint density at radius 1 is 1.11 bits per heavy atom. The molecule has 0 amide bonds. The van der Waals surface area contributed by atoms with Crippen molar-refractivity contribution in [2.45, 2.75) is 30.8 Å². The van der Waals surface area contributed by atoms with Gasteiger partial charge in [-0.15, -0.1) is 0 Å². The third-order valence-electron chi connectivity index (χ3n) is 4.24. The largest absolute Gasteiger partial charge is 0.376 e. The van der Waals surface area contributed by atoms with Crippen molar-refractivity contribution in [3.63, 3.8) is 0 Å². The third kappa shape index (κ3) is 5.66. The van der Waals surface area contributed by atoms with E-state index in [0.29, 0.717) is 17.3 Å². The number of benzene rings is 2. The molecule has 1 aliphatic heterocycles.